The molecular formula is C5H12O5Zn. The molecule has 0 radical (unpaired) electrons. The summed E-state index contributed by atoms with van der Waals surface area (Å²) in [6.07, 6.45) is -4.29. The van der Waals surface area contributed by atoms with Crippen molar-refractivity contribution in [1.82, 2.24) is 0 Å². The Hall–Kier alpha value is 0.423. The van der Waals surface area contributed by atoms with Gasteiger partial charge in [0, 0.05) is 19.5 Å². The molecule has 0 aromatic carbocycles. The molecule has 6 heteroatoms. The molecule has 0 saturated heterocycles. The second-order valence-corrected chi connectivity index (χ2v) is 1.99. The second kappa shape index (κ2) is 7.09. The molecule has 64 valence electrons. The van der Waals surface area contributed by atoms with Crippen LogP contribution in [0.25, 0.3) is 0 Å². The fourth-order valence-electron chi connectivity index (χ4n) is 0.472. The van der Waals surface area contributed by atoms with Crippen LogP contribution in [0.2, 0.25) is 0 Å². The van der Waals surface area contributed by atoms with Gasteiger partial charge in [0.15, 0.2) is 0 Å². The van der Waals surface area contributed by atoms with Crippen LogP contribution in [0.4, 0.5) is 0 Å². The van der Waals surface area contributed by atoms with Gasteiger partial charge in [-0.3, -0.25) is 0 Å². The summed E-state index contributed by atoms with van der Waals surface area (Å²) in [7, 11) is 0. The van der Waals surface area contributed by atoms with Crippen molar-refractivity contribution in [3.8, 4) is 0 Å². The van der Waals surface area contributed by atoms with E-state index in [1.807, 2.05) is 0 Å². The summed E-state index contributed by atoms with van der Waals surface area (Å²) in [5, 5.41) is 42.6. The normalized spacial score (nSPS) is 18.3. The van der Waals surface area contributed by atoms with Gasteiger partial charge in [0.2, 0.25) is 0 Å². The predicted molar refractivity (Wildman–Crippen MR) is 32.2 cm³/mol. The zero-order valence-corrected chi connectivity index (χ0v) is 9.06. The number of hydrogen-bond acceptors (Lipinski definition) is 5. The Kier molecular flexibility index (Phi) is 9.01. The molecule has 0 aliphatic rings. The third-order valence-corrected chi connectivity index (χ3v) is 1.16. The van der Waals surface area contributed by atoms with Gasteiger partial charge in [-0.1, -0.05) is 0 Å². The molecule has 0 aromatic rings. The number of rotatable bonds is 4. The first-order valence-electron chi connectivity index (χ1n) is 2.89. The fraction of sp³-hybridized carbons (Fsp3) is 1.00. The zero-order chi connectivity index (χ0) is 8.15. The summed E-state index contributed by atoms with van der Waals surface area (Å²) in [6, 6.07) is 0. The Labute approximate surface area is 77.1 Å². The molecule has 0 spiro atoms. The Morgan fingerprint density at radius 1 is 0.818 bits per heavy atom. The molecule has 2 unspecified atom stereocenters. The number of hydrogen-bond donors (Lipinski definition) is 5. The van der Waals surface area contributed by atoms with Gasteiger partial charge in [0.25, 0.3) is 0 Å². The summed E-state index contributed by atoms with van der Waals surface area (Å²) in [4.78, 5) is 0. The molecule has 0 fully saturated rings. The number of aliphatic hydroxyl groups excluding tert-OH is 5. The molecule has 2 atom stereocenters. The van der Waals surface area contributed by atoms with Gasteiger partial charge in [-0.25, -0.2) is 0 Å². The van der Waals surface area contributed by atoms with Gasteiger partial charge in [-0.15, -0.1) is 0 Å². The molecule has 11 heavy (non-hydrogen) atoms. The van der Waals surface area contributed by atoms with E-state index in [0.29, 0.717) is 0 Å². The van der Waals surface area contributed by atoms with E-state index in [0.717, 1.165) is 0 Å². The smallest absolute Gasteiger partial charge is 0.110 e. The van der Waals surface area contributed by atoms with Gasteiger partial charge in [-0.05, 0) is 0 Å². The van der Waals surface area contributed by atoms with Gasteiger partial charge >= 0.3 is 0 Å². The third-order valence-electron chi connectivity index (χ3n) is 1.16. The summed E-state index contributed by atoms with van der Waals surface area (Å²) in [5.41, 5.74) is 0. The SMILES string of the molecule is OCC(O)C(O)C(O)CO.[Zn]. The topological polar surface area (TPSA) is 101 Å². The van der Waals surface area contributed by atoms with E-state index in [1.54, 1.807) is 0 Å². The van der Waals surface area contributed by atoms with Crippen LogP contribution in [0.3, 0.4) is 0 Å². The van der Waals surface area contributed by atoms with E-state index in [4.69, 9.17) is 25.5 Å². The van der Waals surface area contributed by atoms with Crippen molar-refractivity contribution < 1.29 is 45.0 Å². The van der Waals surface area contributed by atoms with Crippen molar-refractivity contribution in [3.05, 3.63) is 0 Å². The fourth-order valence-corrected chi connectivity index (χ4v) is 0.472. The molecule has 0 aromatic heterocycles. The minimum Gasteiger partial charge on any atom is -0.394 e. The molecular weight excluding hydrogens is 205 g/mol. The summed E-state index contributed by atoms with van der Waals surface area (Å²) >= 11 is 0. The molecule has 5 nitrogen and oxygen atoms in total. The van der Waals surface area contributed by atoms with Gasteiger partial charge in [-0.2, -0.15) is 0 Å². The first kappa shape index (κ1) is 14.0. The average Bonchev–Trinajstić information content (AvgIpc) is 2.00. The molecule has 0 heterocycles. The zero-order valence-electron chi connectivity index (χ0n) is 6.09. The minimum atomic E-state index is -1.49. The van der Waals surface area contributed by atoms with Crippen molar-refractivity contribution in [2.45, 2.75) is 18.3 Å². The molecule has 0 aliphatic heterocycles. The molecule has 0 amide bonds. The van der Waals surface area contributed by atoms with Crippen LogP contribution in [-0.2, 0) is 19.5 Å². The van der Waals surface area contributed by atoms with E-state index >= 15 is 0 Å². The maximum atomic E-state index is 8.77. The van der Waals surface area contributed by atoms with Crippen LogP contribution >= 0.6 is 0 Å². The van der Waals surface area contributed by atoms with Crippen molar-refractivity contribution in [3.63, 3.8) is 0 Å². The molecule has 0 bridgehead atoms. The van der Waals surface area contributed by atoms with Crippen LogP contribution in [0.5, 0.6) is 0 Å². The largest absolute Gasteiger partial charge is 0.394 e. The van der Waals surface area contributed by atoms with Gasteiger partial charge in [0.1, 0.15) is 18.3 Å². The molecule has 0 aliphatic carbocycles. The first-order valence-corrected chi connectivity index (χ1v) is 2.89. The Balaban J connectivity index is 0. The Morgan fingerprint density at radius 2 is 1.09 bits per heavy atom. The van der Waals surface area contributed by atoms with Crippen LogP contribution in [0.1, 0.15) is 0 Å². The van der Waals surface area contributed by atoms with Crippen molar-refractivity contribution in [2.75, 3.05) is 13.2 Å². The quantitative estimate of drug-likeness (QED) is 0.324. The van der Waals surface area contributed by atoms with Crippen molar-refractivity contribution >= 4 is 0 Å². The second-order valence-electron chi connectivity index (χ2n) is 1.99. The first-order chi connectivity index (χ1) is 4.63. The molecule has 0 rings (SSSR count). The third kappa shape index (κ3) is 4.79. The molecule has 0 saturated carbocycles. The Bertz CT molecular complexity index is 80.9. The maximum absolute atomic E-state index is 8.77. The van der Waals surface area contributed by atoms with Gasteiger partial charge < -0.3 is 25.5 Å². The monoisotopic (exact) mass is 216 g/mol. The average molecular weight is 218 g/mol. The van der Waals surface area contributed by atoms with E-state index < -0.39 is 31.5 Å². The van der Waals surface area contributed by atoms with Crippen LogP contribution in [-0.4, -0.2) is 57.1 Å². The van der Waals surface area contributed by atoms with Crippen molar-refractivity contribution in [2.24, 2.45) is 0 Å². The van der Waals surface area contributed by atoms with Gasteiger partial charge in [0.05, 0.1) is 13.2 Å². The van der Waals surface area contributed by atoms with Crippen molar-refractivity contribution in [1.29, 1.82) is 0 Å². The summed E-state index contributed by atoms with van der Waals surface area (Å²) in [5.74, 6) is 0. The predicted octanol–water partition coefficient (Wildman–Crippen LogP) is -2.95. The Morgan fingerprint density at radius 3 is 1.27 bits per heavy atom. The summed E-state index contributed by atoms with van der Waals surface area (Å²) < 4.78 is 0. The van der Waals surface area contributed by atoms with Crippen LogP contribution in [0, 0.1) is 0 Å². The van der Waals surface area contributed by atoms with E-state index in [1.165, 1.54) is 0 Å². The van der Waals surface area contributed by atoms with E-state index in [-0.39, 0.29) is 19.5 Å². The number of aliphatic hydroxyl groups is 5. The van der Waals surface area contributed by atoms with Crippen LogP contribution in [0.15, 0.2) is 0 Å². The minimum absolute atomic E-state index is 0. The van der Waals surface area contributed by atoms with E-state index in [9.17, 15) is 0 Å². The standard InChI is InChI=1S/C5H12O5.Zn/c6-1-3(8)5(10)4(9)2-7;/h3-10H,1-2H2;. The van der Waals surface area contributed by atoms with Crippen LogP contribution < -0.4 is 0 Å². The molecule has 5 N–H and O–H groups in total. The van der Waals surface area contributed by atoms with E-state index in [2.05, 4.69) is 0 Å². The summed E-state index contributed by atoms with van der Waals surface area (Å²) in [6.45, 7) is -1.28. The maximum Gasteiger partial charge on any atom is 0.110 e.